The molecule has 3 heteroatoms. The Balaban J connectivity index is 1.94. The molecule has 1 aliphatic rings. The summed E-state index contributed by atoms with van der Waals surface area (Å²) < 4.78 is 0. The van der Waals surface area contributed by atoms with Gasteiger partial charge in [-0.3, -0.25) is 4.79 Å². The molecule has 0 spiro atoms. The fourth-order valence-corrected chi connectivity index (χ4v) is 2.33. The molecule has 0 aromatic heterocycles. The molecule has 0 atom stereocenters. The first kappa shape index (κ1) is 12.9. The molecule has 0 heterocycles. The van der Waals surface area contributed by atoms with E-state index in [0.717, 1.165) is 18.7 Å². The van der Waals surface area contributed by atoms with E-state index in [9.17, 15) is 9.90 Å². The number of benzene rings is 1. The summed E-state index contributed by atoms with van der Waals surface area (Å²) in [5.41, 5.74) is 0.717. The zero-order valence-corrected chi connectivity index (χ0v) is 10.9. The van der Waals surface area contributed by atoms with Crippen LogP contribution in [0.25, 0.3) is 0 Å². The van der Waals surface area contributed by atoms with Crippen molar-refractivity contribution in [2.75, 3.05) is 13.1 Å². The van der Waals surface area contributed by atoms with E-state index in [1.54, 1.807) is 12.1 Å². The van der Waals surface area contributed by atoms with E-state index >= 15 is 0 Å². The van der Waals surface area contributed by atoms with E-state index in [4.69, 9.17) is 0 Å². The monoisotopic (exact) mass is 247 g/mol. The Morgan fingerprint density at radius 3 is 2.67 bits per heavy atom. The third-order valence-corrected chi connectivity index (χ3v) is 3.77. The van der Waals surface area contributed by atoms with Gasteiger partial charge in [-0.05, 0) is 31.7 Å². The number of amides is 1. The lowest BCUT2D eigenvalue weighted by Gasteiger charge is -2.32. The number of hydrogen-bond donors (Lipinski definition) is 1. The van der Waals surface area contributed by atoms with Crippen molar-refractivity contribution in [3.8, 4) is 5.75 Å². The number of carbonyl (C=O) groups is 1. The summed E-state index contributed by atoms with van der Waals surface area (Å²) in [6.07, 6.45) is 4.10. The highest BCUT2D eigenvalue weighted by atomic mass is 16.3. The molecule has 1 amide bonds. The lowest BCUT2D eigenvalue weighted by atomic mass is 9.85. The van der Waals surface area contributed by atoms with Crippen LogP contribution in [0.5, 0.6) is 5.75 Å². The predicted molar refractivity (Wildman–Crippen MR) is 71.4 cm³/mol. The third-order valence-electron chi connectivity index (χ3n) is 3.77. The predicted octanol–water partition coefficient (Wildman–Crippen LogP) is 2.58. The number of phenols is 1. The van der Waals surface area contributed by atoms with E-state index in [1.165, 1.54) is 19.3 Å². The molecule has 1 aliphatic carbocycles. The van der Waals surface area contributed by atoms with Crippen LogP contribution in [0.15, 0.2) is 24.3 Å². The maximum atomic E-state index is 12.2. The Labute approximate surface area is 108 Å². The number of phenolic OH excluding ortho intramolecular Hbond substituents is 1. The highest BCUT2D eigenvalue weighted by molar-refractivity contribution is 5.79. The lowest BCUT2D eigenvalue weighted by molar-refractivity contribution is -0.131. The van der Waals surface area contributed by atoms with Crippen molar-refractivity contribution in [1.29, 1.82) is 0 Å². The highest BCUT2D eigenvalue weighted by Crippen LogP contribution is 2.27. The number of nitrogens with zero attached hydrogens (tertiary/aromatic N) is 1. The van der Waals surface area contributed by atoms with E-state index in [0.29, 0.717) is 12.3 Å². The second-order valence-electron chi connectivity index (χ2n) is 5.03. The van der Waals surface area contributed by atoms with Gasteiger partial charge in [0.2, 0.25) is 5.91 Å². The van der Waals surface area contributed by atoms with E-state index in [1.807, 2.05) is 24.0 Å². The fourth-order valence-electron chi connectivity index (χ4n) is 2.33. The molecule has 0 bridgehead atoms. The van der Waals surface area contributed by atoms with E-state index in [2.05, 4.69) is 0 Å². The molecule has 18 heavy (non-hydrogen) atoms. The Kier molecular flexibility index (Phi) is 4.24. The molecular formula is C15H21NO2. The van der Waals surface area contributed by atoms with Crippen molar-refractivity contribution in [2.24, 2.45) is 5.92 Å². The summed E-state index contributed by atoms with van der Waals surface area (Å²) in [6, 6.07) is 7.06. The van der Waals surface area contributed by atoms with Crippen molar-refractivity contribution < 1.29 is 9.90 Å². The molecule has 2 rings (SSSR count). The molecule has 0 radical (unpaired) electrons. The van der Waals surface area contributed by atoms with Crippen LogP contribution in [0.4, 0.5) is 0 Å². The zero-order chi connectivity index (χ0) is 13.0. The van der Waals surface area contributed by atoms with Gasteiger partial charge in [0.15, 0.2) is 0 Å². The number of rotatable bonds is 5. The van der Waals surface area contributed by atoms with Gasteiger partial charge in [0.1, 0.15) is 5.75 Å². The second-order valence-corrected chi connectivity index (χ2v) is 5.03. The van der Waals surface area contributed by atoms with Crippen molar-refractivity contribution >= 4 is 5.91 Å². The van der Waals surface area contributed by atoms with Gasteiger partial charge >= 0.3 is 0 Å². The van der Waals surface area contributed by atoms with E-state index < -0.39 is 0 Å². The van der Waals surface area contributed by atoms with Crippen LogP contribution >= 0.6 is 0 Å². The average molecular weight is 247 g/mol. The largest absolute Gasteiger partial charge is 0.508 e. The molecular weight excluding hydrogens is 226 g/mol. The number of aromatic hydroxyl groups is 1. The van der Waals surface area contributed by atoms with Gasteiger partial charge in [0, 0.05) is 18.7 Å². The number of carbonyl (C=O) groups excluding carboxylic acids is 1. The Morgan fingerprint density at radius 1 is 1.39 bits per heavy atom. The third kappa shape index (κ3) is 3.03. The fraction of sp³-hybridized carbons (Fsp3) is 0.533. The Hall–Kier alpha value is -1.51. The Morgan fingerprint density at radius 2 is 2.11 bits per heavy atom. The number of para-hydroxylation sites is 1. The summed E-state index contributed by atoms with van der Waals surface area (Å²) in [7, 11) is 0. The Bertz CT molecular complexity index is 413. The number of likely N-dealkylation sites (N-methyl/N-ethyl adjacent to an activating group) is 1. The lowest BCUT2D eigenvalue weighted by Crippen LogP contribution is -2.38. The van der Waals surface area contributed by atoms with Gasteiger partial charge in [0.05, 0.1) is 6.42 Å². The first-order valence-corrected chi connectivity index (χ1v) is 6.75. The maximum Gasteiger partial charge on any atom is 0.227 e. The molecule has 1 fully saturated rings. The first-order chi connectivity index (χ1) is 8.70. The molecule has 1 saturated carbocycles. The molecule has 1 aromatic rings. The van der Waals surface area contributed by atoms with Crippen LogP contribution in [-0.4, -0.2) is 29.0 Å². The summed E-state index contributed by atoms with van der Waals surface area (Å²) in [4.78, 5) is 14.1. The maximum absolute atomic E-state index is 12.2. The van der Waals surface area contributed by atoms with Gasteiger partial charge in [-0.2, -0.15) is 0 Å². The van der Waals surface area contributed by atoms with Crippen molar-refractivity contribution in [3.63, 3.8) is 0 Å². The van der Waals surface area contributed by atoms with Crippen molar-refractivity contribution in [2.45, 2.75) is 32.6 Å². The minimum atomic E-state index is 0.117. The van der Waals surface area contributed by atoms with Crippen LogP contribution in [0.2, 0.25) is 0 Å². The van der Waals surface area contributed by atoms with Crippen LogP contribution in [0, 0.1) is 5.92 Å². The molecule has 98 valence electrons. The zero-order valence-electron chi connectivity index (χ0n) is 10.9. The second kappa shape index (κ2) is 5.89. The molecule has 0 unspecified atom stereocenters. The van der Waals surface area contributed by atoms with Gasteiger partial charge in [-0.15, -0.1) is 0 Å². The van der Waals surface area contributed by atoms with Crippen LogP contribution < -0.4 is 0 Å². The smallest absolute Gasteiger partial charge is 0.227 e. The van der Waals surface area contributed by atoms with Crippen LogP contribution in [0.3, 0.4) is 0 Å². The van der Waals surface area contributed by atoms with Crippen molar-refractivity contribution in [3.05, 3.63) is 29.8 Å². The summed E-state index contributed by atoms with van der Waals surface area (Å²) in [5, 5.41) is 9.68. The minimum Gasteiger partial charge on any atom is -0.508 e. The van der Waals surface area contributed by atoms with Crippen LogP contribution in [0.1, 0.15) is 31.7 Å². The van der Waals surface area contributed by atoms with Crippen LogP contribution in [-0.2, 0) is 11.2 Å². The molecule has 3 nitrogen and oxygen atoms in total. The van der Waals surface area contributed by atoms with Gasteiger partial charge in [-0.25, -0.2) is 0 Å². The normalized spacial score (nSPS) is 15.2. The summed E-state index contributed by atoms with van der Waals surface area (Å²) >= 11 is 0. The summed E-state index contributed by atoms with van der Waals surface area (Å²) in [5.74, 6) is 1.02. The topological polar surface area (TPSA) is 40.5 Å². The highest BCUT2D eigenvalue weighted by Gasteiger charge is 2.23. The molecule has 1 N–H and O–H groups in total. The van der Waals surface area contributed by atoms with Gasteiger partial charge in [0.25, 0.3) is 0 Å². The quantitative estimate of drug-likeness (QED) is 0.868. The standard InChI is InChI=1S/C15H21NO2/c1-2-16(11-12-6-5-7-12)15(18)10-13-8-3-4-9-14(13)17/h3-4,8-9,12,17H,2,5-7,10-11H2,1H3. The minimum absolute atomic E-state index is 0.117. The van der Waals surface area contributed by atoms with E-state index in [-0.39, 0.29) is 11.7 Å². The molecule has 1 aromatic carbocycles. The van der Waals surface area contributed by atoms with Crippen molar-refractivity contribution in [1.82, 2.24) is 4.90 Å². The van der Waals surface area contributed by atoms with Gasteiger partial charge < -0.3 is 10.0 Å². The molecule has 0 saturated heterocycles. The SMILES string of the molecule is CCN(CC1CCC1)C(=O)Cc1ccccc1O. The average Bonchev–Trinajstić information content (AvgIpc) is 2.31. The van der Waals surface area contributed by atoms with Gasteiger partial charge in [-0.1, -0.05) is 24.6 Å². The summed E-state index contributed by atoms with van der Waals surface area (Å²) in [6.45, 7) is 3.65. The number of hydrogen-bond acceptors (Lipinski definition) is 2. The molecule has 0 aliphatic heterocycles. The first-order valence-electron chi connectivity index (χ1n) is 6.75.